The van der Waals surface area contributed by atoms with Crippen molar-refractivity contribution in [3.05, 3.63) is 64.7 Å². The molecular weight excluding hydrogens is 348 g/mol. The predicted octanol–water partition coefficient (Wildman–Crippen LogP) is 3.08. The number of benzene rings is 2. The Morgan fingerprint density at radius 1 is 1.00 bits per heavy atom. The molecule has 5 nitrogen and oxygen atoms in total. The van der Waals surface area contributed by atoms with Crippen LogP contribution in [0.1, 0.15) is 28.7 Å². The van der Waals surface area contributed by atoms with Crippen molar-refractivity contribution in [2.24, 2.45) is 0 Å². The summed E-state index contributed by atoms with van der Waals surface area (Å²) in [5.41, 5.74) is 4.57. The summed E-state index contributed by atoms with van der Waals surface area (Å²) in [6, 6.07) is 13.6. The van der Waals surface area contributed by atoms with E-state index in [2.05, 4.69) is 5.32 Å². The molecule has 0 fully saturated rings. The number of hydrogen-bond acceptors (Lipinski definition) is 3. The molecule has 2 rings (SSSR count). The third-order valence-electron chi connectivity index (χ3n) is 4.24. The van der Waals surface area contributed by atoms with E-state index in [0.29, 0.717) is 12.2 Å². The van der Waals surface area contributed by atoms with Crippen LogP contribution in [0.25, 0.3) is 0 Å². The summed E-state index contributed by atoms with van der Waals surface area (Å²) in [5, 5.41) is 2.85. The van der Waals surface area contributed by atoms with Crippen molar-refractivity contribution in [3.63, 3.8) is 0 Å². The molecule has 26 heavy (non-hydrogen) atoms. The number of para-hydroxylation sites is 1. The van der Waals surface area contributed by atoms with Crippen LogP contribution in [-0.2, 0) is 21.4 Å². The van der Waals surface area contributed by atoms with Crippen LogP contribution in [0.3, 0.4) is 0 Å². The fraction of sp³-hybridized carbons (Fsp3) is 0.350. The molecule has 2 aromatic rings. The van der Waals surface area contributed by atoms with Crippen LogP contribution in [0, 0.1) is 20.8 Å². The predicted molar refractivity (Wildman–Crippen MR) is 106 cm³/mol. The van der Waals surface area contributed by atoms with Gasteiger partial charge in [0.05, 0.1) is 11.9 Å². The second kappa shape index (κ2) is 8.36. The van der Waals surface area contributed by atoms with Gasteiger partial charge in [0.2, 0.25) is 15.9 Å². The Morgan fingerprint density at radius 3 is 2.12 bits per heavy atom. The first-order chi connectivity index (χ1) is 12.2. The first-order valence-corrected chi connectivity index (χ1v) is 10.4. The summed E-state index contributed by atoms with van der Waals surface area (Å²) in [6.07, 6.45) is 1.27. The molecule has 0 heterocycles. The molecule has 0 unspecified atom stereocenters. The molecule has 0 bridgehead atoms. The number of aryl methyl sites for hydroxylation is 3. The van der Waals surface area contributed by atoms with Gasteiger partial charge in [-0.25, -0.2) is 8.42 Å². The molecule has 0 saturated carbocycles. The highest BCUT2D eigenvalue weighted by Crippen LogP contribution is 2.26. The number of nitrogens with one attached hydrogen (secondary N) is 1. The minimum atomic E-state index is -3.48. The Morgan fingerprint density at radius 2 is 1.58 bits per heavy atom. The van der Waals surface area contributed by atoms with Crippen molar-refractivity contribution in [1.82, 2.24) is 5.32 Å². The van der Waals surface area contributed by atoms with Crippen molar-refractivity contribution < 1.29 is 13.2 Å². The van der Waals surface area contributed by atoms with Crippen molar-refractivity contribution in [2.75, 3.05) is 17.1 Å². The van der Waals surface area contributed by atoms with Gasteiger partial charge in [-0.3, -0.25) is 9.10 Å². The minimum absolute atomic E-state index is 0.104. The molecule has 0 aromatic heterocycles. The smallest absolute Gasteiger partial charge is 0.232 e. The normalized spacial score (nSPS) is 11.2. The highest BCUT2D eigenvalue weighted by molar-refractivity contribution is 7.92. The van der Waals surface area contributed by atoms with Crippen molar-refractivity contribution >= 4 is 21.6 Å². The zero-order valence-electron chi connectivity index (χ0n) is 15.7. The zero-order valence-corrected chi connectivity index (χ0v) is 16.6. The number of sulfonamides is 1. The number of hydrogen-bond donors (Lipinski definition) is 1. The van der Waals surface area contributed by atoms with Gasteiger partial charge in [-0.15, -0.1) is 0 Å². The quantitative estimate of drug-likeness (QED) is 0.810. The average molecular weight is 375 g/mol. The van der Waals surface area contributed by atoms with Crippen LogP contribution in [0.5, 0.6) is 0 Å². The number of anilines is 1. The lowest BCUT2D eigenvalue weighted by Gasteiger charge is -2.25. The lowest BCUT2D eigenvalue weighted by Crippen LogP contribution is -2.35. The van der Waals surface area contributed by atoms with Gasteiger partial charge >= 0.3 is 0 Å². The number of carbonyl (C=O) groups is 1. The summed E-state index contributed by atoms with van der Waals surface area (Å²) >= 11 is 0. The SMILES string of the molecule is Cc1ccc(CNC(=O)CCN(c2c(C)cccc2C)S(C)(=O)=O)cc1. The zero-order chi connectivity index (χ0) is 19.3. The molecule has 0 spiro atoms. The molecule has 0 atom stereocenters. The van der Waals surface area contributed by atoms with Gasteiger partial charge in [-0.05, 0) is 37.5 Å². The van der Waals surface area contributed by atoms with Crippen LogP contribution < -0.4 is 9.62 Å². The Kier molecular flexibility index (Phi) is 6.42. The number of carbonyl (C=O) groups excluding carboxylic acids is 1. The molecule has 0 aliphatic rings. The number of rotatable bonds is 7. The van der Waals surface area contributed by atoms with E-state index in [1.165, 1.54) is 10.6 Å². The molecule has 0 saturated heterocycles. The van der Waals surface area contributed by atoms with Gasteiger partial charge in [0, 0.05) is 19.5 Å². The molecule has 0 radical (unpaired) electrons. The monoisotopic (exact) mass is 374 g/mol. The van der Waals surface area contributed by atoms with Crippen LogP contribution in [0.15, 0.2) is 42.5 Å². The van der Waals surface area contributed by atoms with Crippen molar-refractivity contribution in [3.8, 4) is 0 Å². The van der Waals surface area contributed by atoms with Gasteiger partial charge in [0.1, 0.15) is 0 Å². The van der Waals surface area contributed by atoms with E-state index in [9.17, 15) is 13.2 Å². The molecule has 0 aliphatic heterocycles. The van der Waals surface area contributed by atoms with Gasteiger partial charge in [0.25, 0.3) is 0 Å². The topological polar surface area (TPSA) is 66.5 Å². The second-order valence-electron chi connectivity index (χ2n) is 6.59. The van der Waals surface area contributed by atoms with Crippen LogP contribution in [0.4, 0.5) is 5.69 Å². The van der Waals surface area contributed by atoms with Gasteiger partial charge < -0.3 is 5.32 Å². The fourth-order valence-corrected chi connectivity index (χ4v) is 3.88. The van der Waals surface area contributed by atoms with Gasteiger partial charge in [-0.1, -0.05) is 48.0 Å². The lowest BCUT2D eigenvalue weighted by molar-refractivity contribution is -0.121. The third-order valence-corrected chi connectivity index (χ3v) is 5.41. The van der Waals surface area contributed by atoms with Crippen molar-refractivity contribution in [1.29, 1.82) is 0 Å². The van der Waals surface area contributed by atoms with Crippen LogP contribution in [0.2, 0.25) is 0 Å². The molecule has 2 aromatic carbocycles. The third kappa shape index (κ3) is 5.33. The molecule has 6 heteroatoms. The summed E-state index contributed by atoms with van der Waals surface area (Å²) in [7, 11) is -3.48. The highest BCUT2D eigenvalue weighted by atomic mass is 32.2. The maximum absolute atomic E-state index is 12.3. The summed E-state index contributed by atoms with van der Waals surface area (Å²) < 4.78 is 25.8. The van der Waals surface area contributed by atoms with Gasteiger partial charge in [0.15, 0.2) is 0 Å². The van der Waals surface area contributed by atoms with Crippen LogP contribution in [-0.4, -0.2) is 27.1 Å². The number of amides is 1. The van der Waals surface area contributed by atoms with E-state index in [0.717, 1.165) is 22.3 Å². The van der Waals surface area contributed by atoms with Crippen molar-refractivity contribution in [2.45, 2.75) is 33.7 Å². The molecule has 1 amide bonds. The summed E-state index contributed by atoms with van der Waals surface area (Å²) in [5.74, 6) is -0.175. The van der Waals surface area contributed by atoms with E-state index in [1.807, 2.05) is 63.2 Å². The number of nitrogens with zero attached hydrogens (tertiary/aromatic N) is 1. The maximum Gasteiger partial charge on any atom is 0.232 e. The van der Waals surface area contributed by atoms with E-state index in [4.69, 9.17) is 0 Å². The Balaban J connectivity index is 2.03. The fourth-order valence-electron chi connectivity index (χ4n) is 2.84. The van der Waals surface area contributed by atoms with E-state index in [1.54, 1.807) is 0 Å². The molecule has 0 aliphatic carbocycles. The molecule has 1 N–H and O–H groups in total. The summed E-state index contributed by atoms with van der Waals surface area (Å²) in [4.78, 5) is 12.2. The molecule has 140 valence electrons. The second-order valence-corrected chi connectivity index (χ2v) is 8.49. The summed E-state index contributed by atoms with van der Waals surface area (Å²) in [6.45, 7) is 6.30. The van der Waals surface area contributed by atoms with E-state index < -0.39 is 10.0 Å². The Labute approximate surface area is 156 Å². The largest absolute Gasteiger partial charge is 0.352 e. The average Bonchev–Trinajstić information content (AvgIpc) is 2.55. The van der Waals surface area contributed by atoms with Gasteiger partial charge in [-0.2, -0.15) is 0 Å². The van der Waals surface area contributed by atoms with Crippen LogP contribution >= 0.6 is 0 Å². The molecular formula is C20H26N2O3S. The standard InChI is InChI=1S/C20H26N2O3S/c1-15-8-10-18(11-9-15)14-21-19(23)12-13-22(26(4,24)25)20-16(2)6-5-7-17(20)3/h5-11H,12-14H2,1-4H3,(H,21,23). The Hall–Kier alpha value is -2.34. The first-order valence-electron chi connectivity index (χ1n) is 8.54. The van der Waals surface area contributed by atoms with E-state index >= 15 is 0 Å². The first kappa shape index (κ1) is 20.0. The highest BCUT2D eigenvalue weighted by Gasteiger charge is 2.21. The van der Waals surface area contributed by atoms with E-state index in [-0.39, 0.29) is 18.9 Å². The minimum Gasteiger partial charge on any atom is -0.352 e. The lowest BCUT2D eigenvalue weighted by atomic mass is 10.1. The maximum atomic E-state index is 12.3. The Bertz CT molecular complexity index is 854.